The summed E-state index contributed by atoms with van der Waals surface area (Å²) in [6.45, 7) is 0. The molecule has 3 heterocycles. The monoisotopic (exact) mass is 720 g/mol. The van der Waals surface area contributed by atoms with Gasteiger partial charge in [0.05, 0.1) is 34.6 Å². The predicted octanol–water partition coefficient (Wildman–Crippen LogP) is 12.7. The fourth-order valence-electron chi connectivity index (χ4n) is 7.98. The van der Waals surface area contributed by atoms with E-state index in [1.54, 1.807) is 12.1 Å². The van der Waals surface area contributed by atoms with E-state index in [-0.39, 0.29) is 29.7 Å². The molecule has 0 saturated carbocycles. The van der Waals surface area contributed by atoms with Crippen LogP contribution in [0.3, 0.4) is 0 Å². The maximum Gasteiger partial charge on any atom is 0.238 e. The van der Waals surface area contributed by atoms with Gasteiger partial charge in [-0.15, -0.1) is 0 Å². The molecule has 0 atom stereocenters. The first kappa shape index (κ1) is 27.0. The summed E-state index contributed by atoms with van der Waals surface area (Å²) in [5.41, 5.74) is 9.37. The van der Waals surface area contributed by atoms with Crippen LogP contribution in [0.15, 0.2) is 200 Å². The van der Waals surface area contributed by atoms with Gasteiger partial charge in [-0.1, -0.05) is 182 Å². The highest BCUT2D eigenvalue weighted by atomic mass is 15.2. The Kier molecular flexibility index (Phi) is 6.29. The molecular formula is C51H33N5. The number of rotatable bonds is 6. The molecule has 262 valence electrons. The largest absolute Gasteiger partial charge is 0.307 e. The van der Waals surface area contributed by atoms with Gasteiger partial charge >= 0.3 is 0 Å². The first-order valence-corrected chi connectivity index (χ1v) is 18.5. The van der Waals surface area contributed by atoms with Crippen molar-refractivity contribution in [2.24, 2.45) is 0 Å². The third kappa shape index (κ3) is 5.13. The van der Waals surface area contributed by atoms with E-state index in [0.29, 0.717) is 28.7 Å². The Bertz CT molecular complexity index is 3500. The van der Waals surface area contributed by atoms with Gasteiger partial charge in [-0.05, 0) is 34.9 Å². The number of aromatic nitrogens is 5. The van der Waals surface area contributed by atoms with Crippen molar-refractivity contribution in [1.82, 2.24) is 24.1 Å². The third-order valence-electron chi connectivity index (χ3n) is 10.5. The summed E-state index contributed by atoms with van der Waals surface area (Å²) in [7, 11) is 0. The molecule has 0 aliphatic carbocycles. The molecule has 0 amide bonds. The normalized spacial score (nSPS) is 12.8. The summed E-state index contributed by atoms with van der Waals surface area (Å²) in [6, 6.07) is 55.6. The zero-order valence-corrected chi connectivity index (χ0v) is 29.9. The Balaban J connectivity index is 1.21. The van der Waals surface area contributed by atoms with Gasteiger partial charge in [-0.3, -0.25) is 4.57 Å². The second kappa shape index (κ2) is 13.0. The lowest BCUT2D eigenvalue weighted by molar-refractivity contribution is 0.953. The topological polar surface area (TPSA) is 48.5 Å². The van der Waals surface area contributed by atoms with Crippen LogP contribution < -0.4 is 0 Å². The van der Waals surface area contributed by atoms with Crippen molar-refractivity contribution in [3.05, 3.63) is 200 Å². The predicted molar refractivity (Wildman–Crippen MR) is 230 cm³/mol. The maximum absolute atomic E-state index is 8.56. The van der Waals surface area contributed by atoms with Gasteiger partial charge in [0.1, 0.15) is 0 Å². The Hall–Kier alpha value is -7.63. The molecule has 0 bridgehead atoms. The summed E-state index contributed by atoms with van der Waals surface area (Å²) < 4.78 is 46.2. The van der Waals surface area contributed by atoms with Crippen LogP contribution in [0.25, 0.3) is 100 Å². The molecule has 5 nitrogen and oxygen atoms in total. The Labute approximate surface area is 330 Å². The highest BCUT2D eigenvalue weighted by molar-refractivity contribution is 6.24. The molecule has 0 fully saturated rings. The first-order chi connectivity index (χ1) is 29.9. The van der Waals surface area contributed by atoms with Crippen molar-refractivity contribution in [1.29, 1.82) is 0 Å². The van der Waals surface area contributed by atoms with E-state index >= 15 is 0 Å². The van der Waals surface area contributed by atoms with Gasteiger partial charge in [-0.2, -0.15) is 9.97 Å². The van der Waals surface area contributed by atoms with Crippen molar-refractivity contribution in [2.45, 2.75) is 0 Å². The van der Waals surface area contributed by atoms with Gasteiger partial charge in [-0.25, -0.2) is 4.98 Å². The molecule has 0 spiro atoms. The molecule has 0 radical (unpaired) electrons. The number of para-hydroxylation sites is 3. The standard InChI is InChI=1S/C51H33N5/c1-4-16-34(17-5-1)35-28-30-38(31-29-35)50-52-49(37-20-8-3-9-21-37)53-51(54-50)56-46-27-15-12-24-41(46)43-33-32-42-40-23-11-14-26-45(40)55(47(42)48(43)56)44-25-13-10-22-39(44)36-18-6-2-7-19-36/h1-33H/i1D,4D,5D,16D,17D. The quantitative estimate of drug-likeness (QED) is 0.172. The molecular weight excluding hydrogens is 683 g/mol. The number of benzene rings is 8. The maximum atomic E-state index is 8.56. The average molecular weight is 721 g/mol. The summed E-state index contributed by atoms with van der Waals surface area (Å²) in [4.78, 5) is 15.5. The third-order valence-corrected chi connectivity index (χ3v) is 10.5. The average Bonchev–Trinajstić information content (AvgIpc) is 3.84. The van der Waals surface area contributed by atoms with Crippen LogP contribution in [0.4, 0.5) is 0 Å². The lowest BCUT2D eigenvalue weighted by atomic mass is 10.0. The molecule has 11 rings (SSSR count). The zero-order valence-electron chi connectivity index (χ0n) is 34.9. The van der Waals surface area contributed by atoms with Crippen molar-refractivity contribution in [3.8, 4) is 56.7 Å². The second-order valence-corrected chi connectivity index (χ2v) is 13.7. The van der Waals surface area contributed by atoms with E-state index in [0.717, 1.165) is 66.0 Å². The van der Waals surface area contributed by atoms with Crippen LogP contribution in [0.5, 0.6) is 0 Å². The van der Waals surface area contributed by atoms with Gasteiger partial charge in [0.2, 0.25) is 5.95 Å². The Morgan fingerprint density at radius 3 is 1.52 bits per heavy atom. The van der Waals surface area contributed by atoms with E-state index in [1.165, 1.54) is 0 Å². The van der Waals surface area contributed by atoms with E-state index in [9.17, 15) is 0 Å². The Morgan fingerprint density at radius 1 is 0.357 bits per heavy atom. The molecule has 0 aliphatic rings. The molecule has 11 aromatic rings. The molecule has 8 aromatic carbocycles. The van der Waals surface area contributed by atoms with Crippen LogP contribution in [-0.4, -0.2) is 24.1 Å². The fourth-order valence-corrected chi connectivity index (χ4v) is 7.98. The lowest BCUT2D eigenvalue weighted by Gasteiger charge is -2.16. The van der Waals surface area contributed by atoms with Crippen LogP contribution in [0.2, 0.25) is 0 Å². The summed E-state index contributed by atoms with van der Waals surface area (Å²) in [6.07, 6.45) is 0. The summed E-state index contributed by atoms with van der Waals surface area (Å²) >= 11 is 0. The van der Waals surface area contributed by atoms with E-state index in [2.05, 4.69) is 112 Å². The Morgan fingerprint density at radius 2 is 0.857 bits per heavy atom. The van der Waals surface area contributed by atoms with Crippen LogP contribution >= 0.6 is 0 Å². The van der Waals surface area contributed by atoms with Gasteiger partial charge < -0.3 is 4.57 Å². The summed E-state index contributed by atoms with van der Waals surface area (Å²) in [5.74, 6) is 1.35. The van der Waals surface area contributed by atoms with E-state index in [1.807, 2.05) is 54.6 Å². The molecule has 0 saturated heterocycles. The van der Waals surface area contributed by atoms with Gasteiger partial charge in [0.15, 0.2) is 11.6 Å². The molecule has 5 heteroatoms. The highest BCUT2D eigenvalue weighted by Gasteiger charge is 2.24. The number of fused-ring (bicyclic) bond motifs is 7. The molecule has 56 heavy (non-hydrogen) atoms. The van der Waals surface area contributed by atoms with Gasteiger partial charge in [0.25, 0.3) is 0 Å². The smallest absolute Gasteiger partial charge is 0.238 e. The second-order valence-electron chi connectivity index (χ2n) is 13.7. The zero-order chi connectivity index (χ0) is 41.4. The molecule has 0 aliphatic heterocycles. The van der Waals surface area contributed by atoms with Crippen LogP contribution in [0.1, 0.15) is 6.85 Å². The minimum Gasteiger partial charge on any atom is -0.307 e. The van der Waals surface area contributed by atoms with Crippen LogP contribution in [-0.2, 0) is 0 Å². The molecule has 0 N–H and O–H groups in total. The lowest BCUT2D eigenvalue weighted by Crippen LogP contribution is -2.07. The van der Waals surface area contributed by atoms with Crippen molar-refractivity contribution in [2.75, 3.05) is 0 Å². The van der Waals surface area contributed by atoms with Gasteiger partial charge in [0, 0.05) is 38.2 Å². The van der Waals surface area contributed by atoms with Crippen molar-refractivity contribution < 1.29 is 6.85 Å². The fraction of sp³-hybridized carbons (Fsp3) is 0. The first-order valence-electron chi connectivity index (χ1n) is 21.0. The summed E-state index contributed by atoms with van der Waals surface area (Å²) in [5, 5.41) is 4.32. The van der Waals surface area contributed by atoms with E-state index in [4.69, 9.17) is 21.8 Å². The number of hydrogen-bond donors (Lipinski definition) is 0. The molecule has 0 unspecified atom stereocenters. The number of nitrogens with zero attached hydrogens (tertiary/aromatic N) is 5. The van der Waals surface area contributed by atoms with Crippen molar-refractivity contribution >= 4 is 43.6 Å². The highest BCUT2D eigenvalue weighted by Crippen LogP contribution is 2.43. The minimum absolute atomic E-state index is 0.136. The number of hydrogen-bond acceptors (Lipinski definition) is 3. The van der Waals surface area contributed by atoms with Crippen molar-refractivity contribution in [3.63, 3.8) is 0 Å². The SMILES string of the molecule is [2H]c1c([2H])c([2H])c(-c2ccc(-c3nc(-c4ccccc4)nc(-n4c5ccccc5c5ccc6c7ccccc7n(-c7ccccc7-c7ccccc7)c6c54)n3)cc2)c([2H])c1[2H]. The van der Waals surface area contributed by atoms with Crippen LogP contribution in [0, 0.1) is 0 Å². The minimum atomic E-state index is -0.426. The molecule has 3 aromatic heterocycles. The van der Waals surface area contributed by atoms with E-state index < -0.39 is 6.04 Å².